The highest BCUT2D eigenvalue weighted by atomic mass is 32.2. The van der Waals surface area contributed by atoms with Crippen molar-refractivity contribution in [2.45, 2.75) is 16.7 Å². The van der Waals surface area contributed by atoms with Crippen LogP contribution in [0.5, 0.6) is 0 Å². The first-order valence-electron chi connectivity index (χ1n) is 10.4. The number of aryl methyl sites for hydroxylation is 1. The average molecular weight is 483 g/mol. The number of thiophene rings is 2. The van der Waals surface area contributed by atoms with E-state index in [-0.39, 0.29) is 0 Å². The monoisotopic (exact) mass is 482 g/mol. The fourth-order valence-corrected chi connectivity index (χ4v) is 6.51. The van der Waals surface area contributed by atoms with Gasteiger partial charge in [0.1, 0.15) is 5.69 Å². The third-order valence-corrected chi connectivity index (χ3v) is 8.49. The molecule has 6 aromatic rings. The molecule has 0 aliphatic carbocycles. The van der Waals surface area contributed by atoms with Gasteiger partial charge in [0.15, 0.2) is 5.82 Å². The topological polar surface area (TPSA) is 50.7 Å². The quantitative estimate of drug-likeness (QED) is 0.268. The molecule has 0 unspecified atom stereocenters. The van der Waals surface area contributed by atoms with Crippen LogP contribution < -0.4 is 5.32 Å². The summed E-state index contributed by atoms with van der Waals surface area (Å²) in [5, 5.41) is 19.0. The predicted molar refractivity (Wildman–Crippen MR) is 141 cm³/mol. The zero-order valence-electron chi connectivity index (χ0n) is 17.6. The van der Waals surface area contributed by atoms with Crippen LogP contribution >= 0.6 is 34.4 Å². The number of aromatic nitrogens is 3. The van der Waals surface area contributed by atoms with E-state index in [1.54, 1.807) is 34.4 Å². The maximum Gasteiger partial charge on any atom is 0.161 e. The van der Waals surface area contributed by atoms with Gasteiger partial charge in [0.2, 0.25) is 0 Å². The Morgan fingerprint density at radius 2 is 1.73 bits per heavy atom. The van der Waals surface area contributed by atoms with E-state index < -0.39 is 0 Å². The summed E-state index contributed by atoms with van der Waals surface area (Å²) in [6.07, 6.45) is 1.87. The summed E-state index contributed by atoms with van der Waals surface area (Å²) in [6.45, 7) is 2.10. The molecule has 7 heteroatoms. The molecule has 0 fully saturated rings. The minimum absolute atomic E-state index is 0.762. The second-order valence-corrected chi connectivity index (χ2v) is 10.6. The number of rotatable bonds is 5. The number of benzene rings is 2. The number of hydrogen-bond donors (Lipinski definition) is 1. The molecule has 4 heterocycles. The van der Waals surface area contributed by atoms with Crippen molar-refractivity contribution in [1.29, 1.82) is 0 Å². The molecule has 0 saturated carbocycles. The summed E-state index contributed by atoms with van der Waals surface area (Å²) < 4.78 is 1.23. The van der Waals surface area contributed by atoms with Crippen molar-refractivity contribution in [2.24, 2.45) is 0 Å². The lowest BCUT2D eigenvalue weighted by molar-refractivity contribution is 1.06. The Bertz CT molecular complexity index is 1580. The molecule has 0 saturated heterocycles. The molecule has 2 aromatic carbocycles. The maximum atomic E-state index is 4.57. The maximum absolute atomic E-state index is 4.57. The average Bonchev–Trinajstić information content (AvgIpc) is 3.50. The first-order valence-corrected chi connectivity index (χ1v) is 13.0. The van der Waals surface area contributed by atoms with Gasteiger partial charge in [-0.25, -0.2) is 0 Å². The Balaban J connectivity index is 1.28. The van der Waals surface area contributed by atoms with E-state index in [0.717, 1.165) is 38.4 Å². The van der Waals surface area contributed by atoms with E-state index in [0.29, 0.717) is 0 Å². The summed E-state index contributed by atoms with van der Waals surface area (Å²) in [7, 11) is 0. The van der Waals surface area contributed by atoms with Crippen LogP contribution in [0.2, 0.25) is 0 Å². The van der Waals surface area contributed by atoms with Crippen molar-refractivity contribution in [2.75, 3.05) is 5.32 Å². The smallest absolute Gasteiger partial charge is 0.161 e. The first kappa shape index (κ1) is 20.4. The zero-order chi connectivity index (χ0) is 22.2. The Kier molecular flexibility index (Phi) is 5.30. The lowest BCUT2D eigenvalue weighted by Crippen LogP contribution is -1.98. The van der Waals surface area contributed by atoms with Gasteiger partial charge in [-0.05, 0) is 65.7 Å². The SMILES string of the molecule is Cc1csc(-c2nnc(Nc3ccc(Sc4ccnc5ccsc45)cc3)c3ccccc23)c1. The lowest BCUT2D eigenvalue weighted by atomic mass is 10.1. The van der Waals surface area contributed by atoms with Gasteiger partial charge in [0, 0.05) is 32.4 Å². The van der Waals surface area contributed by atoms with Crippen LogP contribution in [0.15, 0.2) is 93.5 Å². The highest BCUT2D eigenvalue weighted by Gasteiger charge is 2.13. The molecule has 0 aliphatic rings. The summed E-state index contributed by atoms with van der Waals surface area (Å²) in [6, 6.07) is 23.0. The van der Waals surface area contributed by atoms with E-state index in [9.17, 15) is 0 Å². The summed E-state index contributed by atoms with van der Waals surface area (Å²) in [5.74, 6) is 0.762. The Morgan fingerprint density at radius 1 is 0.879 bits per heavy atom. The van der Waals surface area contributed by atoms with E-state index in [1.807, 2.05) is 18.3 Å². The molecule has 6 rings (SSSR count). The van der Waals surface area contributed by atoms with E-state index >= 15 is 0 Å². The summed E-state index contributed by atoms with van der Waals surface area (Å²) >= 11 is 5.19. The van der Waals surface area contributed by atoms with Crippen LogP contribution in [0.25, 0.3) is 31.6 Å². The number of nitrogens with zero attached hydrogens (tertiary/aromatic N) is 3. The molecule has 1 N–H and O–H groups in total. The van der Waals surface area contributed by atoms with Crippen LogP contribution in [-0.4, -0.2) is 15.2 Å². The standard InChI is InChI=1S/C26H18N4S3/c1-16-14-23(32-15-16)24-19-4-2-3-5-20(19)26(30-29-24)28-17-6-8-18(9-7-17)33-22-10-12-27-21-11-13-31-25(21)22/h2-15H,1H3,(H,28,30). The van der Waals surface area contributed by atoms with Crippen LogP contribution in [0.3, 0.4) is 0 Å². The van der Waals surface area contributed by atoms with Crippen LogP contribution in [0, 0.1) is 6.92 Å². The molecule has 33 heavy (non-hydrogen) atoms. The van der Waals surface area contributed by atoms with Crippen molar-refractivity contribution in [1.82, 2.24) is 15.2 Å². The van der Waals surface area contributed by atoms with Gasteiger partial charge in [-0.3, -0.25) is 4.98 Å². The molecule has 0 aliphatic heterocycles. The highest BCUT2D eigenvalue weighted by Crippen LogP contribution is 2.37. The molecule has 0 bridgehead atoms. The van der Waals surface area contributed by atoms with Crippen molar-refractivity contribution >= 4 is 66.9 Å². The molecule has 0 radical (unpaired) electrons. The third kappa shape index (κ3) is 3.99. The normalized spacial score (nSPS) is 11.3. The van der Waals surface area contributed by atoms with Gasteiger partial charge in [0.05, 0.1) is 15.1 Å². The minimum atomic E-state index is 0.762. The third-order valence-electron chi connectivity index (χ3n) is 5.30. The lowest BCUT2D eigenvalue weighted by Gasteiger charge is -2.11. The van der Waals surface area contributed by atoms with Gasteiger partial charge in [0.25, 0.3) is 0 Å². The van der Waals surface area contributed by atoms with Crippen LogP contribution in [-0.2, 0) is 0 Å². The number of pyridine rings is 1. The second kappa shape index (κ2) is 8.59. The molecular formula is C26H18N4S3. The van der Waals surface area contributed by atoms with Gasteiger partial charge >= 0.3 is 0 Å². The number of anilines is 2. The predicted octanol–water partition coefficient (Wildman–Crippen LogP) is 8.17. The Hall–Kier alpha value is -3.26. The van der Waals surface area contributed by atoms with Crippen LogP contribution in [0.4, 0.5) is 11.5 Å². The first-order chi connectivity index (χ1) is 16.2. The van der Waals surface area contributed by atoms with Crippen molar-refractivity contribution in [3.63, 3.8) is 0 Å². The van der Waals surface area contributed by atoms with Crippen molar-refractivity contribution in [3.05, 3.63) is 89.3 Å². The van der Waals surface area contributed by atoms with E-state index in [4.69, 9.17) is 0 Å². The Labute approximate surface area is 203 Å². The molecule has 0 amide bonds. The molecule has 160 valence electrons. The van der Waals surface area contributed by atoms with Gasteiger partial charge in [-0.1, -0.05) is 36.0 Å². The zero-order valence-corrected chi connectivity index (χ0v) is 20.1. The summed E-state index contributed by atoms with van der Waals surface area (Å²) in [5.41, 5.74) is 4.20. The largest absolute Gasteiger partial charge is 0.338 e. The number of hydrogen-bond acceptors (Lipinski definition) is 7. The van der Waals surface area contributed by atoms with Gasteiger partial charge < -0.3 is 5.32 Å². The fraction of sp³-hybridized carbons (Fsp3) is 0.0385. The van der Waals surface area contributed by atoms with Crippen molar-refractivity contribution < 1.29 is 0 Å². The van der Waals surface area contributed by atoms with E-state index in [2.05, 4.69) is 92.8 Å². The van der Waals surface area contributed by atoms with Gasteiger partial charge in [-0.15, -0.1) is 32.9 Å². The number of fused-ring (bicyclic) bond motifs is 2. The molecule has 0 atom stereocenters. The minimum Gasteiger partial charge on any atom is -0.338 e. The molecule has 4 nitrogen and oxygen atoms in total. The molecule has 0 spiro atoms. The van der Waals surface area contributed by atoms with Crippen LogP contribution in [0.1, 0.15) is 5.56 Å². The van der Waals surface area contributed by atoms with Crippen molar-refractivity contribution in [3.8, 4) is 10.6 Å². The number of nitrogens with one attached hydrogen (secondary N) is 1. The fourth-order valence-electron chi connectivity index (χ4n) is 3.73. The second-order valence-electron chi connectivity index (χ2n) is 7.63. The Morgan fingerprint density at radius 3 is 2.55 bits per heavy atom. The van der Waals surface area contributed by atoms with Gasteiger partial charge in [-0.2, -0.15) is 0 Å². The highest BCUT2D eigenvalue weighted by molar-refractivity contribution is 7.99. The molecule has 4 aromatic heterocycles. The molecular weight excluding hydrogens is 465 g/mol. The van der Waals surface area contributed by atoms with E-state index in [1.165, 1.54) is 20.1 Å². The summed E-state index contributed by atoms with van der Waals surface area (Å²) in [4.78, 5) is 7.98.